The summed E-state index contributed by atoms with van der Waals surface area (Å²) in [6.07, 6.45) is 4.44. The molecule has 0 aliphatic carbocycles. The van der Waals surface area contributed by atoms with Crippen LogP contribution >= 0.6 is 22.9 Å². The number of carbonyl (C=O) groups excluding carboxylic acids is 2. The Bertz CT molecular complexity index is 2100. The maximum Gasteiger partial charge on any atom is 0.338 e. The number of urea groups is 1. The van der Waals surface area contributed by atoms with Gasteiger partial charge in [-0.3, -0.25) is 14.8 Å². The number of nitrogens with zero attached hydrogens (tertiary/aromatic N) is 7. The first-order valence-corrected chi connectivity index (χ1v) is 23.4. The van der Waals surface area contributed by atoms with Crippen molar-refractivity contribution in [3.05, 3.63) is 98.6 Å². The summed E-state index contributed by atoms with van der Waals surface area (Å²) in [6, 6.07) is 12.2. The lowest BCUT2D eigenvalue weighted by Gasteiger charge is -2.38. The number of rotatable bonds is 13. The number of amidine groups is 1. The Morgan fingerprint density at radius 1 is 1.11 bits per heavy atom. The molecular formula is C39H46ClFN8O4SSi. The first-order valence-electron chi connectivity index (χ1n) is 18.5. The van der Waals surface area contributed by atoms with Gasteiger partial charge in [0.15, 0.2) is 10.8 Å². The maximum atomic E-state index is 14.1. The molecule has 2 fully saturated rings. The van der Waals surface area contributed by atoms with E-state index in [0.717, 1.165) is 41.8 Å². The highest BCUT2D eigenvalue weighted by molar-refractivity contribution is 7.11. The van der Waals surface area contributed by atoms with Crippen LogP contribution in [0.5, 0.6) is 0 Å². The van der Waals surface area contributed by atoms with E-state index in [0.29, 0.717) is 61.6 Å². The number of piperazine rings is 1. The Balaban J connectivity index is 1.08. The number of hydrogen-bond acceptors (Lipinski definition) is 10. The van der Waals surface area contributed by atoms with Crippen molar-refractivity contribution in [3.63, 3.8) is 0 Å². The molecule has 2 saturated heterocycles. The zero-order valence-corrected chi connectivity index (χ0v) is 34.3. The molecule has 3 aliphatic heterocycles. The van der Waals surface area contributed by atoms with Crippen LogP contribution in [0.2, 0.25) is 30.7 Å². The third kappa shape index (κ3) is 8.40. The van der Waals surface area contributed by atoms with E-state index in [2.05, 4.69) is 46.3 Å². The van der Waals surface area contributed by atoms with Gasteiger partial charge in [-0.25, -0.2) is 23.9 Å². The Kier molecular flexibility index (Phi) is 11.6. The zero-order chi connectivity index (χ0) is 38.9. The van der Waals surface area contributed by atoms with E-state index < -0.39 is 25.9 Å². The van der Waals surface area contributed by atoms with Crippen LogP contribution in [0, 0.1) is 5.82 Å². The van der Waals surface area contributed by atoms with Gasteiger partial charge in [0.25, 0.3) is 0 Å². The van der Waals surface area contributed by atoms with E-state index in [1.807, 2.05) is 45.6 Å². The number of imidazole rings is 1. The predicted molar refractivity (Wildman–Crippen MR) is 216 cm³/mol. The van der Waals surface area contributed by atoms with E-state index in [9.17, 15) is 14.0 Å². The number of benzene rings is 2. The van der Waals surface area contributed by atoms with Crippen molar-refractivity contribution in [1.29, 1.82) is 0 Å². The van der Waals surface area contributed by atoms with E-state index >= 15 is 0 Å². The molecule has 0 spiro atoms. The molecule has 4 aromatic rings. The Labute approximate surface area is 330 Å². The summed E-state index contributed by atoms with van der Waals surface area (Å²) in [4.78, 5) is 47.2. The molecule has 3 aliphatic rings. The largest absolute Gasteiger partial charge is 0.466 e. The lowest BCUT2D eigenvalue weighted by atomic mass is 9.95. The van der Waals surface area contributed by atoms with Gasteiger partial charge in [0.05, 0.1) is 18.7 Å². The first-order chi connectivity index (χ1) is 26.4. The summed E-state index contributed by atoms with van der Waals surface area (Å²) in [7, 11) is 0.124. The average Bonchev–Trinajstić information content (AvgIpc) is 3.92. The number of aliphatic imine (C=N–C) groups is 1. The molecule has 0 radical (unpaired) electrons. The van der Waals surface area contributed by atoms with Crippen molar-refractivity contribution in [1.82, 2.24) is 29.7 Å². The third-order valence-corrected chi connectivity index (χ3v) is 13.0. The van der Waals surface area contributed by atoms with E-state index in [-0.39, 0.29) is 22.7 Å². The van der Waals surface area contributed by atoms with Gasteiger partial charge in [0.2, 0.25) is 0 Å². The molecule has 12 nitrogen and oxygen atoms in total. The second-order valence-electron chi connectivity index (χ2n) is 15.1. The molecule has 2 amide bonds. The van der Waals surface area contributed by atoms with Crippen LogP contribution in [0.4, 0.5) is 14.9 Å². The van der Waals surface area contributed by atoms with Crippen molar-refractivity contribution in [2.24, 2.45) is 4.99 Å². The molecule has 2 aromatic heterocycles. The van der Waals surface area contributed by atoms with E-state index in [1.54, 1.807) is 12.3 Å². The van der Waals surface area contributed by atoms with E-state index in [4.69, 9.17) is 31.1 Å². The Morgan fingerprint density at radius 3 is 2.60 bits per heavy atom. The van der Waals surface area contributed by atoms with Crippen LogP contribution in [-0.4, -0.2) is 103 Å². The first kappa shape index (κ1) is 38.8. The number of nitrogens with one attached hydrogen (secondary N) is 1. The van der Waals surface area contributed by atoms with Gasteiger partial charge in [-0.2, -0.15) is 0 Å². The van der Waals surface area contributed by atoms with Crippen molar-refractivity contribution in [2.75, 3.05) is 51.3 Å². The number of aromatic nitrogens is 3. The summed E-state index contributed by atoms with van der Waals surface area (Å²) < 4.78 is 27.6. The molecular weight excluding hydrogens is 759 g/mol. The number of methoxy groups -OCH3 is 1. The standard InChI is InChI=1S/C39H46ClFN8O4SSi/c1-6-27-20-43-36(49(27)24-53-16-18-55(3,4)5)25-7-10-28(11-8-25)48-22-29-21-46(14-15-47(29)39(48)51)23-32-33(38(50)52-2)34(30-12-9-26(41)19-31(30)40)45-35(44-32)37-42-13-17-54-37/h7-13,17,19-20,29,34H,6,14-16,18,21-24H2,1-5H3,(H,44,45). The fraction of sp³-hybridized carbons (Fsp3) is 0.410. The van der Waals surface area contributed by atoms with Gasteiger partial charge in [-0.05, 0) is 48.9 Å². The molecule has 16 heteroatoms. The van der Waals surface area contributed by atoms with Crippen molar-refractivity contribution < 1.29 is 23.5 Å². The number of anilines is 1. The van der Waals surface area contributed by atoms with E-state index in [1.165, 1.54) is 30.6 Å². The van der Waals surface area contributed by atoms with Crippen LogP contribution in [0.25, 0.3) is 11.4 Å². The monoisotopic (exact) mass is 804 g/mol. The number of aryl methyl sites for hydroxylation is 1. The normalized spacial score (nSPS) is 19.1. The number of hydrogen-bond donors (Lipinski definition) is 1. The van der Waals surface area contributed by atoms with Crippen LogP contribution in [0.1, 0.15) is 29.2 Å². The molecule has 1 N–H and O–H groups in total. The number of esters is 1. The number of ether oxygens (including phenoxy) is 2. The minimum atomic E-state index is -1.20. The fourth-order valence-corrected chi connectivity index (χ4v) is 8.83. The molecule has 290 valence electrons. The highest BCUT2D eigenvalue weighted by Crippen LogP contribution is 2.37. The number of carbonyl (C=O) groups is 2. The lowest BCUT2D eigenvalue weighted by molar-refractivity contribution is -0.136. The number of amides is 2. The minimum absolute atomic E-state index is 0.0302. The van der Waals surface area contributed by atoms with Gasteiger partial charge in [0, 0.05) is 98.4 Å². The van der Waals surface area contributed by atoms with Crippen LogP contribution in [0.15, 0.2) is 76.5 Å². The number of fused-ring (bicyclic) bond motifs is 1. The summed E-state index contributed by atoms with van der Waals surface area (Å²) >= 11 is 7.94. The van der Waals surface area contributed by atoms with Gasteiger partial charge in [0.1, 0.15) is 24.4 Å². The van der Waals surface area contributed by atoms with Crippen LogP contribution in [-0.2, 0) is 27.4 Å². The highest BCUT2D eigenvalue weighted by Gasteiger charge is 2.42. The summed E-state index contributed by atoms with van der Waals surface area (Å²) in [5.74, 6) is 0.273. The molecule has 55 heavy (non-hydrogen) atoms. The smallest absolute Gasteiger partial charge is 0.338 e. The number of halogens is 2. The third-order valence-electron chi connectivity index (χ3n) is 10.2. The Morgan fingerprint density at radius 2 is 1.91 bits per heavy atom. The molecule has 5 heterocycles. The molecule has 2 unspecified atom stereocenters. The second-order valence-corrected chi connectivity index (χ2v) is 22.0. The van der Waals surface area contributed by atoms with Crippen molar-refractivity contribution >= 4 is 54.5 Å². The topological polar surface area (TPSA) is 117 Å². The van der Waals surface area contributed by atoms with Crippen molar-refractivity contribution in [3.8, 4) is 11.4 Å². The zero-order valence-electron chi connectivity index (χ0n) is 31.7. The molecule has 0 saturated carbocycles. The molecule has 2 atom stereocenters. The highest BCUT2D eigenvalue weighted by atomic mass is 35.5. The molecule has 0 bridgehead atoms. The van der Waals surface area contributed by atoms with Gasteiger partial charge in [-0.1, -0.05) is 44.2 Å². The van der Waals surface area contributed by atoms with Crippen LogP contribution in [0.3, 0.4) is 0 Å². The minimum Gasteiger partial charge on any atom is -0.466 e. The van der Waals surface area contributed by atoms with Crippen LogP contribution < -0.4 is 10.2 Å². The number of thiazole rings is 1. The summed E-state index contributed by atoms with van der Waals surface area (Å²) in [6.45, 7) is 12.9. The SMILES string of the molecule is CCc1cnc(-c2ccc(N3CC4CN(CC5=C(C(=O)OC)C(c6ccc(F)cc6Cl)N=C(c6nccs6)N5)CCN4C3=O)cc2)n1COCC[Si](C)(C)C. The second kappa shape index (κ2) is 16.4. The van der Waals surface area contributed by atoms with Crippen molar-refractivity contribution in [2.45, 2.75) is 57.8 Å². The predicted octanol–water partition coefficient (Wildman–Crippen LogP) is 6.82. The quantitative estimate of drug-likeness (QED) is 0.0890. The van der Waals surface area contributed by atoms with Gasteiger partial charge < -0.3 is 24.3 Å². The fourth-order valence-electron chi connectivity index (χ4n) is 7.22. The maximum absolute atomic E-state index is 14.1. The van der Waals surface area contributed by atoms with Gasteiger partial charge >= 0.3 is 12.0 Å². The lowest BCUT2D eigenvalue weighted by Crippen LogP contribution is -2.53. The Hall–Kier alpha value is -4.41. The molecule has 2 aromatic carbocycles. The molecule has 7 rings (SSSR count). The summed E-state index contributed by atoms with van der Waals surface area (Å²) in [5.41, 5.74) is 4.25. The van der Waals surface area contributed by atoms with Gasteiger partial charge in [-0.15, -0.1) is 11.3 Å². The summed E-state index contributed by atoms with van der Waals surface area (Å²) in [5, 5.41) is 6.00. The average molecular weight is 805 g/mol.